The summed E-state index contributed by atoms with van der Waals surface area (Å²) in [5, 5.41) is 12.9. The van der Waals surface area contributed by atoms with Crippen molar-refractivity contribution in [3.63, 3.8) is 0 Å². The second kappa shape index (κ2) is 8.81. The van der Waals surface area contributed by atoms with E-state index in [0.717, 1.165) is 24.3 Å². The van der Waals surface area contributed by atoms with Crippen molar-refractivity contribution < 1.29 is 27.9 Å². The number of hydrogen-bond acceptors (Lipinski definition) is 3. The molecule has 0 spiro atoms. The third kappa shape index (κ3) is 5.37. The van der Waals surface area contributed by atoms with Gasteiger partial charge in [-0.05, 0) is 35.4 Å². The average molecular weight is 435 g/mol. The van der Waals surface area contributed by atoms with Crippen LogP contribution in [0.1, 0.15) is 22.8 Å². The zero-order valence-electron chi connectivity index (χ0n) is 14.1. The first-order chi connectivity index (χ1) is 13.0. The number of hydrogen-bond donors (Lipinski definition) is 3. The van der Waals surface area contributed by atoms with E-state index in [0.29, 0.717) is 5.56 Å². The van der Waals surface area contributed by atoms with Crippen LogP contribution < -0.4 is 11.1 Å². The van der Waals surface area contributed by atoms with E-state index in [1.54, 1.807) is 18.2 Å². The van der Waals surface area contributed by atoms with Crippen molar-refractivity contribution in [1.82, 2.24) is 5.32 Å². The van der Waals surface area contributed by atoms with E-state index in [2.05, 4.69) is 5.32 Å². The third-order valence-electron chi connectivity index (χ3n) is 3.93. The average Bonchev–Trinajstić information content (AvgIpc) is 2.62. The number of benzene rings is 2. The van der Waals surface area contributed by atoms with E-state index in [1.165, 1.54) is 0 Å². The Labute approximate surface area is 168 Å². The SMILES string of the molecule is NC(=O)[C@@H](Cc1c(Cl)cccc1Cl)NC(=O)[C@H](O)c1ccc(C(F)(F)F)cc1. The van der Waals surface area contributed by atoms with Crippen molar-refractivity contribution in [3.05, 3.63) is 69.2 Å². The van der Waals surface area contributed by atoms with Crippen molar-refractivity contribution in [1.29, 1.82) is 0 Å². The van der Waals surface area contributed by atoms with Crippen LogP contribution in [0.2, 0.25) is 10.0 Å². The lowest BCUT2D eigenvalue weighted by Crippen LogP contribution is -2.47. The Morgan fingerprint density at radius 1 is 1.07 bits per heavy atom. The standard InChI is InChI=1S/C18H15Cl2F3N2O3/c19-12-2-1-3-13(20)11(12)8-14(16(24)27)25-17(28)15(26)9-4-6-10(7-5-9)18(21,22)23/h1-7,14-15,26H,8H2,(H2,24,27)(H,25,28)/t14-,15-/m1/s1. The lowest BCUT2D eigenvalue weighted by molar-refractivity contribution is -0.137. The third-order valence-corrected chi connectivity index (χ3v) is 4.64. The molecule has 0 saturated heterocycles. The summed E-state index contributed by atoms with van der Waals surface area (Å²) in [5.74, 6) is -1.91. The molecule has 2 aromatic rings. The van der Waals surface area contributed by atoms with Crippen LogP contribution in [0.25, 0.3) is 0 Å². The minimum Gasteiger partial charge on any atom is -0.378 e. The maximum atomic E-state index is 12.6. The number of aliphatic hydroxyl groups is 1. The number of rotatable bonds is 6. The van der Waals surface area contributed by atoms with Crippen molar-refractivity contribution in [2.75, 3.05) is 0 Å². The Balaban J connectivity index is 2.14. The van der Waals surface area contributed by atoms with Crippen molar-refractivity contribution in [2.45, 2.75) is 24.7 Å². The number of carbonyl (C=O) groups excluding carboxylic acids is 2. The van der Waals surface area contributed by atoms with Gasteiger partial charge in [0.25, 0.3) is 5.91 Å². The molecule has 2 aromatic carbocycles. The van der Waals surface area contributed by atoms with Gasteiger partial charge in [0.05, 0.1) is 5.56 Å². The molecule has 0 radical (unpaired) electrons. The number of nitrogens with two attached hydrogens (primary N) is 1. The van der Waals surface area contributed by atoms with Crippen LogP contribution in [0.15, 0.2) is 42.5 Å². The summed E-state index contributed by atoms with van der Waals surface area (Å²) in [4.78, 5) is 23.9. The smallest absolute Gasteiger partial charge is 0.378 e. The lowest BCUT2D eigenvalue weighted by Gasteiger charge is -2.19. The maximum absolute atomic E-state index is 12.6. The molecule has 0 fully saturated rings. The van der Waals surface area contributed by atoms with E-state index in [4.69, 9.17) is 28.9 Å². The van der Waals surface area contributed by atoms with E-state index in [-0.39, 0.29) is 22.0 Å². The van der Waals surface area contributed by atoms with Crippen LogP contribution in [-0.4, -0.2) is 23.0 Å². The van der Waals surface area contributed by atoms with Gasteiger partial charge in [-0.15, -0.1) is 0 Å². The zero-order chi connectivity index (χ0) is 21.1. The van der Waals surface area contributed by atoms with Gasteiger partial charge in [0, 0.05) is 16.5 Å². The van der Waals surface area contributed by atoms with Crippen molar-refractivity contribution in [3.8, 4) is 0 Å². The predicted molar refractivity (Wildman–Crippen MR) is 97.7 cm³/mol. The second-order valence-corrected chi connectivity index (χ2v) is 6.70. The summed E-state index contributed by atoms with van der Waals surface area (Å²) in [6.45, 7) is 0. The van der Waals surface area contributed by atoms with Crippen LogP contribution in [0.3, 0.4) is 0 Å². The molecule has 2 amide bonds. The predicted octanol–water partition coefficient (Wildman–Crippen LogP) is 3.26. The zero-order valence-corrected chi connectivity index (χ0v) is 15.6. The normalized spacial score (nSPS) is 13.6. The molecule has 0 heterocycles. The van der Waals surface area contributed by atoms with Gasteiger partial charge in [0.1, 0.15) is 6.04 Å². The first-order valence-electron chi connectivity index (χ1n) is 7.88. The van der Waals surface area contributed by atoms with Crippen LogP contribution in [0, 0.1) is 0 Å². The molecule has 10 heteroatoms. The van der Waals surface area contributed by atoms with E-state index >= 15 is 0 Å². The van der Waals surface area contributed by atoms with Gasteiger partial charge in [-0.1, -0.05) is 41.4 Å². The molecular formula is C18H15Cl2F3N2O3. The second-order valence-electron chi connectivity index (χ2n) is 5.89. The van der Waals surface area contributed by atoms with E-state index in [9.17, 15) is 27.9 Å². The summed E-state index contributed by atoms with van der Waals surface area (Å²) >= 11 is 12.1. The number of nitrogens with one attached hydrogen (secondary N) is 1. The number of carbonyl (C=O) groups is 2. The highest BCUT2D eigenvalue weighted by Crippen LogP contribution is 2.30. The molecule has 0 aromatic heterocycles. The fraction of sp³-hybridized carbons (Fsp3) is 0.222. The highest BCUT2D eigenvalue weighted by molar-refractivity contribution is 6.36. The van der Waals surface area contributed by atoms with Gasteiger partial charge in [0.2, 0.25) is 5.91 Å². The summed E-state index contributed by atoms with van der Waals surface area (Å²) in [6, 6.07) is 6.85. The molecule has 0 aliphatic carbocycles. The van der Waals surface area contributed by atoms with Crippen LogP contribution in [-0.2, 0) is 22.2 Å². The molecule has 150 valence electrons. The van der Waals surface area contributed by atoms with Gasteiger partial charge < -0.3 is 16.2 Å². The molecule has 2 rings (SSSR count). The number of halogens is 5. The summed E-state index contributed by atoms with van der Waals surface area (Å²) in [6.07, 6.45) is -6.47. The highest BCUT2D eigenvalue weighted by atomic mass is 35.5. The summed E-state index contributed by atoms with van der Waals surface area (Å²) in [5.41, 5.74) is 4.66. The summed E-state index contributed by atoms with van der Waals surface area (Å²) in [7, 11) is 0. The van der Waals surface area contributed by atoms with Crippen LogP contribution >= 0.6 is 23.2 Å². The molecule has 0 unspecified atom stereocenters. The minimum atomic E-state index is -4.54. The molecule has 5 nitrogen and oxygen atoms in total. The first kappa shape index (κ1) is 22.0. The molecule has 4 N–H and O–H groups in total. The maximum Gasteiger partial charge on any atom is 0.416 e. The number of aliphatic hydroxyl groups excluding tert-OH is 1. The van der Waals surface area contributed by atoms with Crippen molar-refractivity contribution in [2.24, 2.45) is 5.73 Å². The molecule has 0 aliphatic heterocycles. The minimum absolute atomic E-state index is 0.0792. The monoisotopic (exact) mass is 434 g/mol. The molecule has 2 atom stereocenters. The van der Waals surface area contributed by atoms with Gasteiger partial charge >= 0.3 is 6.18 Å². The molecule has 0 bridgehead atoms. The quantitative estimate of drug-likeness (QED) is 0.651. The Kier molecular flexibility index (Phi) is 6.92. The molecule has 28 heavy (non-hydrogen) atoms. The fourth-order valence-corrected chi connectivity index (χ4v) is 2.96. The van der Waals surface area contributed by atoms with Crippen molar-refractivity contribution >= 4 is 35.0 Å². The number of primary amides is 1. The summed E-state index contributed by atoms with van der Waals surface area (Å²) < 4.78 is 37.8. The van der Waals surface area contributed by atoms with Crippen LogP contribution in [0.5, 0.6) is 0 Å². The Morgan fingerprint density at radius 3 is 2.07 bits per heavy atom. The van der Waals surface area contributed by atoms with Gasteiger partial charge in [0.15, 0.2) is 6.10 Å². The van der Waals surface area contributed by atoms with Crippen LogP contribution in [0.4, 0.5) is 13.2 Å². The Morgan fingerprint density at radius 2 is 1.61 bits per heavy atom. The number of amides is 2. The fourth-order valence-electron chi connectivity index (χ4n) is 2.41. The molecular weight excluding hydrogens is 420 g/mol. The van der Waals surface area contributed by atoms with Gasteiger partial charge in [-0.25, -0.2) is 0 Å². The largest absolute Gasteiger partial charge is 0.416 e. The van der Waals surface area contributed by atoms with E-state index < -0.39 is 35.7 Å². The van der Waals surface area contributed by atoms with E-state index in [1.807, 2.05) is 0 Å². The Bertz CT molecular complexity index is 853. The lowest BCUT2D eigenvalue weighted by atomic mass is 10.0. The Hall–Kier alpha value is -2.29. The number of alkyl halides is 3. The molecule has 0 aliphatic rings. The first-order valence-corrected chi connectivity index (χ1v) is 8.64. The van der Waals surface area contributed by atoms with Gasteiger partial charge in [-0.2, -0.15) is 13.2 Å². The molecule has 0 saturated carbocycles. The topological polar surface area (TPSA) is 92.4 Å². The van der Waals surface area contributed by atoms with Gasteiger partial charge in [-0.3, -0.25) is 9.59 Å². The highest BCUT2D eigenvalue weighted by Gasteiger charge is 2.31.